The fourth-order valence-corrected chi connectivity index (χ4v) is 5.13. The number of hydrogen-bond donors (Lipinski definition) is 0. The molecular weight excluding hydrogens is 254 g/mol. The molecule has 1 saturated heterocycles. The highest BCUT2D eigenvalue weighted by atomic mass is 15.2. The minimum absolute atomic E-state index is 0.699. The molecule has 0 unspecified atom stereocenters. The van der Waals surface area contributed by atoms with Gasteiger partial charge in [0, 0.05) is 12.6 Å². The van der Waals surface area contributed by atoms with E-state index in [1.54, 1.807) is 0 Å². The average molecular weight is 294 g/mol. The Balaban J connectivity index is 1.92. The molecule has 0 amide bonds. The maximum atomic E-state index is 2.87. The lowest BCUT2D eigenvalue weighted by Gasteiger charge is -2.45. The van der Waals surface area contributed by atoms with Crippen LogP contribution in [0.3, 0.4) is 0 Å². The number of nitrogens with zero attached hydrogens (tertiary/aromatic N) is 1. The third-order valence-electron chi connectivity index (χ3n) is 7.10. The molecule has 1 aliphatic heterocycles. The van der Waals surface area contributed by atoms with Crippen molar-refractivity contribution in [1.82, 2.24) is 4.90 Å². The van der Waals surface area contributed by atoms with Crippen LogP contribution in [0.25, 0.3) is 0 Å². The van der Waals surface area contributed by atoms with Gasteiger partial charge in [-0.05, 0) is 62.3 Å². The topological polar surface area (TPSA) is 3.24 Å². The van der Waals surface area contributed by atoms with E-state index in [1.165, 1.54) is 83.7 Å². The van der Waals surface area contributed by atoms with Gasteiger partial charge in [-0.3, -0.25) is 4.90 Å². The largest absolute Gasteiger partial charge is 0.300 e. The summed E-state index contributed by atoms with van der Waals surface area (Å²) in [5.41, 5.74) is 1.40. The van der Waals surface area contributed by atoms with Gasteiger partial charge in [0.2, 0.25) is 0 Å². The zero-order valence-corrected chi connectivity index (χ0v) is 15.2. The van der Waals surface area contributed by atoms with Crippen molar-refractivity contribution in [3.63, 3.8) is 0 Å². The second-order valence-electron chi connectivity index (χ2n) is 8.16. The smallest absolute Gasteiger partial charge is 0.00952 e. The minimum atomic E-state index is 0.699. The van der Waals surface area contributed by atoms with Gasteiger partial charge in [-0.15, -0.1) is 0 Å². The van der Waals surface area contributed by atoms with Crippen LogP contribution in [0.15, 0.2) is 0 Å². The summed E-state index contributed by atoms with van der Waals surface area (Å²) >= 11 is 0. The van der Waals surface area contributed by atoms with Gasteiger partial charge in [0.05, 0.1) is 0 Å². The highest BCUT2D eigenvalue weighted by molar-refractivity contribution is 4.98. The van der Waals surface area contributed by atoms with Crippen molar-refractivity contribution in [3.05, 3.63) is 0 Å². The van der Waals surface area contributed by atoms with Crippen LogP contribution in [-0.2, 0) is 0 Å². The normalized spacial score (nSPS) is 25.0. The summed E-state index contributed by atoms with van der Waals surface area (Å²) in [7, 11) is 0. The Morgan fingerprint density at radius 2 is 1.38 bits per heavy atom. The molecule has 1 heterocycles. The van der Waals surface area contributed by atoms with E-state index in [1.807, 2.05) is 0 Å². The van der Waals surface area contributed by atoms with Crippen LogP contribution in [0.5, 0.6) is 0 Å². The first kappa shape index (κ1) is 17.3. The summed E-state index contributed by atoms with van der Waals surface area (Å²) in [6.07, 6.45) is 15.8. The van der Waals surface area contributed by atoms with E-state index in [2.05, 4.69) is 32.6 Å². The molecule has 0 N–H and O–H groups in total. The maximum absolute atomic E-state index is 2.87. The zero-order chi connectivity index (χ0) is 15.3. The molecule has 0 aromatic carbocycles. The van der Waals surface area contributed by atoms with E-state index in [4.69, 9.17) is 0 Å². The van der Waals surface area contributed by atoms with Crippen molar-refractivity contribution in [3.8, 4) is 0 Å². The van der Waals surface area contributed by atoms with E-state index in [0.29, 0.717) is 10.8 Å². The Labute approximate surface area is 133 Å². The molecule has 0 bridgehead atoms. The van der Waals surface area contributed by atoms with Crippen LogP contribution in [-0.4, -0.2) is 24.0 Å². The summed E-state index contributed by atoms with van der Waals surface area (Å²) in [5, 5.41) is 0. The van der Waals surface area contributed by atoms with Crippen molar-refractivity contribution in [2.45, 2.75) is 104 Å². The number of likely N-dealkylation sites (tertiary alicyclic amines) is 1. The summed E-state index contributed by atoms with van der Waals surface area (Å²) in [6, 6.07) is 0.878. The molecule has 21 heavy (non-hydrogen) atoms. The molecule has 0 aromatic rings. The summed E-state index contributed by atoms with van der Waals surface area (Å²) < 4.78 is 0. The number of hydrogen-bond acceptors (Lipinski definition) is 1. The quantitative estimate of drug-likeness (QED) is 0.554. The first-order chi connectivity index (χ1) is 10.1. The summed E-state index contributed by atoms with van der Waals surface area (Å²) in [5.74, 6) is 0. The molecule has 0 aromatic heterocycles. The van der Waals surface area contributed by atoms with E-state index < -0.39 is 0 Å². The lowest BCUT2D eigenvalue weighted by Crippen LogP contribution is -2.39. The first-order valence-electron chi connectivity index (χ1n) is 9.86. The molecule has 1 saturated carbocycles. The third kappa shape index (κ3) is 3.84. The Hall–Kier alpha value is -0.0400. The van der Waals surface area contributed by atoms with Gasteiger partial charge in [-0.1, -0.05) is 53.4 Å². The molecule has 2 aliphatic rings. The molecule has 0 radical (unpaired) electrons. The van der Waals surface area contributed by atoms with Crippen molar-refractivity contribution < 1.29 is 0 Å². The highest BCUT2D eigenvalue weighted by Crippen LogP contribution is 2.52. The Morgan fingerprint density at radius 1 is 0.810 bits per heavy atom. The van der Waals surface area contributed by atoms with Gasteiger partial charge in [-0.2, -0.15) is 0 Å². The predicted octanol–water partition coefficient (Wildman–Crippen LogP) is 6.03. The Morgan fingerprint density at radius 3 is 1.86 bits per heavy atom. The fourth-order valence-electron chi connectivity index (χ4n) is 5.13. The molecule has 0 atom stereocenters. The molecule has 1 heteroatoms. The van der Waals surface area contributed by atoms with Crippen LogP contribution in [0.2, 0.25) is 0 Å². The monoisotopic (exact) mass is 293 g/mol. The van der Waals surface area contributed by atoms with Gasteiger partial charge in [0.25, 0.3) is 0 Å². The van der Waals surface area contributed by atoms with E-state index in [9.17, 15) is 0 Å². The van der Waals surface area contributed by atoms with Crippen LogP contribution in [0.4, 0.5) is 0 Å². The second-order valence-corrected chi connectivity index (χ2v) is 8.16. The molecule has 1 aliphatic carbocycles. The fraction of sp³-hybridized carbons (Fsp3) is 1.00. The molecule has 2 rings (SSSR count). The molecule has 1 spiro atoms. The molecular formula is C20H39N. The third-order valence-corrected chi connectivity index (χ3v) is 7.10. The van der Waals surface area contributed by atoms with Crippen molar-refractivity contribution in [2.75, 3.05) is 13.1 Å². The molecule has 124 valence electrons. The van der Waals surface area contributed by atoms with Gasteiger partial charge in [0.1, 0.15) is 0 Å². The van der Waals surface area contributed by atoms with Crippen LogP contribution < -0.4 is 0 Å². The second kappa shape index (κ2) is 7.49. The Bertz CT molecular complexity index is 289. The van der Waals surface area contributed by atoms with Crippen molar-refractivity contribution in [1.29, 1.82) is 0 Å². The predicted molar refractivity (Wildman–Crippen MR) is 93.7 cm³/mol. The van der Waals surface area contributed by atoms with Gasteiger partial charge in [0.15, 0.2) is 0 Å². The molecule has 2 fully saturated rings. The van der Waals surface area contributed by atoms with Crippen LogP contribution in [0, 0.1) is 10.8 Å². The lowest BCUT2D eigenvalue weighted by atomic mass is 9.61. The standard InChI is InChI=1S/C20H39N/c1-5-9-18(10-6-2)21-16-15-20(17-21)13-11-19(7-3,8-4)12-14-20/h18H,5-17H2,1-4H3. The highest BCUT2D eigenvalue weighted by Gasteiger charge is 2.45. The molecule has 1 nitrogen and oxygen atoms in total. The average Bonchev–Trinajstić information content (AvgIpc) is 2.93. The minimum Gasteiger partial charge on any atom is -0.300 e. The summed E-state index contributed by atoms with van der Waals surface area (Å²) in [6.45, 7) is 12.3. The Kier molecular flexibility index (Phi) is 6.17. The summed E-state index contributed by atoms with van der Waals surface area (Å²) in [4.78, 5) is 2.87. The van der Waals surface area contributed by atoms with Gasteiger partial charge in [-0.25, -0.2) is 0 Å². The van der Waals surface area contributed by atoms with Crippen molar-refractivity contribution >= 4 is 0 Å². The van der Waals surface area contributed by atoms with Crippen LogP contribution >= 0.6 is 0 Å². The van der Waals surface area contributed by atoms with Crippen LogP contribution in [0.1, 0.15) is 98.3 Å². The zero-order valence-electron chi connectivity index (χ0n) is 15.2. The van der Waals surface area contributed by atoms with Crippen molar-refractivity contribution in [2.24, 2.45) is 10.8 Å². The van der Waals surface area contributed by atoms with E-state index in [-0.39, 0.29) is 0 Å². The number of rotatable bonds is 7. The first-order valence-corrected chi connectivity index (χ1v) is 9.86. The van der Waals surface area contributed by atoms with E-state index in [0.717, 1.165) is 6.04 Å². The lowest BCUT2D eigenvalue weighted by molar-refractivity contribution is 0.0677. The van der Waals surface area contributed by atoms with Gasteiger partial charge >= 0.3 is 0 Å². The van der Waals surface area contributed by atoms with E-state index >= 15 is 0 Å². The SMILES string of the molecule is CCCC(CCC)N1CCC2(CCC(CC)(CC)CC2)C1. The van der Waals surface area contributed by atoms with Gasteiger partial charge < -0.3 is 0 Å². The maximum Gasteiger partial charge on any atom is 0.00952 e.